The first kappa shape index (κ1) is 10.2. The van der Waals surface area contributed by atoms with Crippen LogP contribution < -0.4 is 11.1 Å². The van der Waals surface area contributed by atoms with Gasteiger partial charge in [0.05, 0.1) is 0 Å². The van der Waals surface area contributed by atoms with E-state index in [1.165, 1.54) is 11.5 Å². The van der Waals surface area contributed by atoms with E-state index in [1.54, 1.807) is 0 Å². The van der Waals surface area contributed by atoms with E-state index in [0.717, 1.165) is 11.6 Å². The lowest BCUT2D eigenvalue weighted by molar-refractivity contribution is 0.494. The maximum absolute atomic E-state index is 5.41. The SMILES string of the molecule is CCC(C)C(C)Nc1nc(N)ns1. The van der Waals surface area contributed by atoms with Crippen LogP contribution in [0.3, 0.4) is 0 Å². The normalized spacial score (nSPS) is 15.3. The van der Waals surface area contributed by atoms with Gasteiger partial charge in [0.1, 0.15) is 0 Å². The molecule has 0 saturated heterocycles. The van der Waals surface area contributed by atoms with E-state index in [4.69, 9.17) is 5.73 Å². The van der Waals surface area contributed by atoms with E-state index >= 15 is 0 Å². The number of nitrogen functional groups attached to an aromatic ring is 1. The Kier molecular flexibility index (Phi) is 3.48. The first-order valence-electron chi connectivity index (χ1n) is 4.49. The lowest BCUT2D eigenvalue weighted by atomic mass is 10.0. The van der Waals surface area contributed by atoms with Crippen LogP contribution in [-0.4, -0.2) is 15.4 Å². The summed E-state index contributed by atoms with van der Waals surface area (Å²) in [6.45, 7) is 6.53. The summed E-state index contributed by atoms with van der Waals surface area (Å²) in [5, 5.41) is 4.09. The van der Waals surface area contributed by atoms with Crippen molar-refractivity contribution in [3.05, 3.63) is 0 Å². The Morgan fingerprint density at radius 2 is 2.23 bits per heavy atom. The lowest BCUT2D eigenvalue weighted by Crippen LogP contribution is -2.23. The van der Waals surface area contributed by atoms with Crippen molar-refractivity contribution in [1.82, 2.24) is 9.36 Å². The Balaban J connectivity index is 2.49. The molecule has 74 valence electrons. The minimum atomic E-state index is 0.351. The molecule has 4 nitrogen and oxygen atoms in total. The second-order valence-corrected chi connectivity index (χ2v) is 4.03. The van der Waals surface area contributed by atoms with Crippen molar-refractivity contribution in [3.8, 4) is 0 Å². The molecule has 1 aromatic heterocycles. The van der Waals surface area contributed by atoms with Gasteiger partial charge in [-0.2, -0.15) is 9.36 Å². The number of aromatic nitrogens is 2. The van der Waals surface area contributed by atoms with Gasteiger partial charge in [-0.15, -0.1) is 0 Å². The minimum Gasteiger partial charge on any atom is -0.367 e. The van der Waals surface area contributed by atoms with E-state index in [0.29, 0.717) is 17.9 Å². The molecule has 0 aliphatic heterocycles. The molecule has 0 saturated carbocycles. The topological polar surface area (TPSA) is 63.8 Å². The lowest BCUT2D eigenvalue weighted by Gasteiger charge is -2.18. The van der Waals surface area contributed by atoms with Gasteiger partial charge in [0.15, 0.2) is 0 Å². The van der Waals surface area contributed by atoms with Crippen LogP contribution in [0.1, 0.15) is 27.2 Å². The van der Waals surface area contributed by atoms with Crippen LogP contribution >= 0.6 is 11.5 Å². The number of anilines is 2. The van der Waals surface area contributed by atoms with Crippen molar-refractivity contribution < 1.29 is 0 Å². The average Bonchev–Trinajstić information content (AvgIpc) is 2.49. The molecule has 2 unspecified atom stereocenters. The third kappa shape index (κ3) is 2.84. The predicted molar refractivity (Wildman–Crippen MR) is 56.9 cm³/mol. The van der Waals surface area contributed by atoms with Crippen LogP contribution in [0, 0.1) is 5.92 Å². The van der Waals surface area contributed by atoms with E-state index in [2.05, 4.69) is 35.4 Å². The van der Waals surface area contributed by atoms with Gasteiger partial charge >= 0.3 is 0 Å². The van der Waals surface area contributed by atoms with E-state index in [9.17, 15) is 0 Å². The molecule has 13 heavy (non-hydrogen) atoms. The molecule has 1 rings (SSSR count). The van der Waals surface area contributed by atoms with Crippen molar-refractivity contribution in [2.24, 2.45) is 5.92 Å². The van der Waals surface area contributed by atoms with Crippen LogP contribution in [-0.2, 0) is 0 Å². The fraction of sp³-hybridized carbons (Fsp3) is 0.750. The molecule has 5 heteroatoms. The maximum Gasteiger partial charge on any atom is 0.233 e. The largest absolute Gasteiger partial charge is 0.367 e. The molecule has 0 spiro atoms. The van der Waals surface area contributed by atoms with Gasteiger partial charge in [0, 0.05) is 17.6 Å². The van der Waals surface area contributed by atoms with Gasteiger partial charge in [-0.25, -0.2) is 0 Å². The smallest absolute Gasteiger partial charge is 0.233 e. The van der Waals surface area contributed by atoms with Gasteiger partial charge < -0.3 is 11.1 Å². The molecule has 0 bridgehead atoms. The summed E-state index contributed by atoms with van der Waals surface area (Å²) < 4.78 is 3.90. The Labute approximate surface area is 82.7 Å². The molecule has 1 aromatic rings. The van der Waals surface area contributed by atoms with Crippen LogP contribution in [0.4, 0.5) is 11.1 Å². The van der Waals surface area contributed by atoms with Crippen molar-refractivity contribution >= 4 is 22.6 Å². The van der Waals surface area contributed by atoms with E-state index < -0.39 is 0 Å². The Morgan fingerprint density at radius 1 is 1.54 bits per heavy atom. The summed E-state index contributed by atoms with van der Waals surface area (Å²) in [5.74, 6) is 0.981. The van der Waals surface area contributed by atoms with Gasteiger partial charge in [0.2, 0.25) is 11.1 Å². The molecule has 0 aliphatic carbocycles. The fourth-order valence-electron chi connectivity index (χ4n) is 0.984. The van der Waals surface area contributed by atoms with Crippen molar-refractivity contribution in [2.75, 3.05) is 11.1 Å². The number of rotatable bonds is 4. The molecule has 2 atom stereocenters. The fourth-order valence-corrected chi connectivity index (χ4v) is 1.58. The first-order valence-corrected chi connectivity index (χ1v) is 5.26. The molecule has 0 radical (unpaired) electrons. The number of hydrogen-bond donors (Lipinski definition) is 2. The monoisotopic (exact) mass is 200 g/mol. The standard InChI is InChI=1S/C8H16N4S/c1-4-5(2)6(3)10-8-11-7(9)12-13-8/h5-6H,4H2,1-3H3,(H3,9,10,11,12). The van der Waals surface area contributed by atoms with Crippen molar-refractivity contribution in [1.29, 1.82) is 0 Å². The number of nitrogens with zero attached hydrogens (tertiary/aromatic N) is 2. The predicted octanol–water partition coefficient (Wildman–Crippen LogP) is 1.97. The number of nitrogens with one attached hydrogen (secondary N) is 1. The first-order chi connectivity index (χ1) is 6.13. The molecule has 0 aliphatic rings. The third-order valence-electron chi connectivity index (χ3n) is 2.29. The summed E-state index contributed by atoms with van der Waals surface area (Å²) in [6, 6.07) is 0.414. The minimum absolute atomic E-state index is 0.351. The van der Waals surface area contributed by atoms with Gasteiger partial charge in [-0.3, -0.25) is 0 Å². The Morgan fingerprint density at radius 3 is 2.69 bits per heavy atom. The Hall–Kier alpha value is -0.840. The quantitative estimate of drug-likeness (QED) is 0.780. The zero-order valence-electron chi connectivity index (χ0n) is 8.24. The van der Waals surface area contributed by atoms with Gasteiger partial charge in [-0.1, -0.05) is 20.3 Å². The summed E-state index contributed by atoms with van der Waals surface area (Å²) >= 11 is 1.31. The second-order valence-electron chi connectivity index (χ2n) is 3.28. The number of nitrogens with two attached hydrogens (primary N) is 1. The molecule has 0 fully saturated rings. The van der Waals surface area contributed by atoms with E-state index in [-0.39, 0.29) is 0 Å². The zero-order valence-corrected chi connectivity index (χ0v) is 9.06. The van der Waals surface area contributed by atoms with Crippen LogP contribution in [0.15, 0.2) is 0 Å². The molecular weight excluding hydrogens is 184 g/mol. The van der Waals surface area contributed by atoms with Gasteiger partial charge in [0.25, 0.3) is 0 Å². The highest BCUT2D eigenvalue weighted by molar-refractivity contribution is 7.09. The average molecular weight is 200 g/mol. The third-order valence-corrected chi connectivity index (χ3v) is 2.95. The van der Waals surface area contributed by atoms with Crippen LogP contribution in [0.2, 0.25) is 0 Å². The van der Waals surface area contributed by atoms with E-state index in [1.807, 2.05) is 0 Å². The highest BCUT2D eigenvalue weighted by Gasteiger charge is 2.11. The van der Waals surface area contributed by atoms with Crippen molar-refractivity contribution in [2.45, 2.75) is 33.2 Å². The molecular formula is C8H16N4S. The summed E-state index contributed by atoms with van der Waals surface area (Å²) in [5.41, 5.74) is 5.41. The zero-order chi connectivity index (χ0) is 9.84. The maximum atomic E-state index is 5.41. The summed E-state index contributed by atoms with van der Waals surface area (Å²) in [4.78, 5) is 4.04. The number of hydrogen-bond acceptors (Lipinski definition) is 5. The highest BCUT2D eigenvalue weighted by atomic mass is 32.1. The Bertz CT molecular complexity index is 260. The van der Waals surface area contributed by atoms with Crippen LogP contribution in [0.5, 0.6) is 0 Å². The van der Waals surface area contributed by atoms with Crippen LogP contribution in [0.25, 0.3) is 0 Å². The van der Waals surface area contributed by atoms with Gasteiger partial charge in [-0.05, 0) is 12.8 Å². The second kappa shape index (κ2) is 4.41. The molecule has 0 amide bonds. The summed E-state index contributed by atoms with van der Waals surface area (Å²) in [7, 11) is 0. The molecule has 0 aromatic carbocycles. The highest BCUT2D eigenvalue weighted by Crippen LogP contribution is 2.17. The van der Waals surface area contributed by atoms with Crippen molar-refractivity contribution in [3.63, 3.8) is 0 Å². The molecule has 3 N–H and O–H groups in total. The molecule has 1 heterocycles. The summed E-state index contributed by atoms with van der Waals surface area (Å²) in [6.07, 6.45) is 1.16.